The SMILES string of the molecule is O=C(O)CCC=CCCC1C(OCc2ccccc2)CCC1N1CCCCC1. The summed E-state index contributed by atoms with van der Waals surface area (Å²) in [6, 6.07) is 11.1. The van der Waals surface area contributed by atoms with E-state index in [0.717, 1.165) is 19.3 Å². The number of carbonyl (C=O) groups is 1. The zero-order chi connectivity index (χ0) is 19.6. The van der Waals surface area contributed by atoms with E-state index in [9.17, 15) is 4.79 Å². The molecule has 1 saturated carbocycles. The maximum atomic E-state index is 10.6. The van der Waals surface area contributed by atoms with E-state index >= 15 is 0 Å². The van der Waals surface area contributed by atoms with Crippen molar-refractivity contribution in [3.8, 4) is 0 Å². The van der Waals surface area contributed by atoms with E-state index in [2.05, 4.69) is 35.2 Å². The number of likely N-dealkylation sites (tertiary alicyclic amines) is 1. The van der Waals surface area contributed by atoms with Gasteiger partial charge in [-0.05, 0) is 63.6 Å². The van der Waals surface area contributed by atoms with Crippen molar-refractivity contribution in [1.29, 1.82) is 0 Å². The maximum absolute atomic E-state index is 10.6. The van der Waals surface area contributed by atoms with Crippen LogP contribution in [0.25, 0.3) is 0 Å². The van der Waals surface area contributed by atoms with Crippen LogP contribution in [0.1, 0.15) is 63.4 Å². The summed E-state index contributed by atoms with van der Waals surface area (Å²) in [5.41, 5.74) is 1.25. The van der Waals surface area contributed by atoms with Crippen molar-refractivity contribution >= 4 is 5.97 Å². The predicted molar refractivity (Wildman–Crippen MR) is 112 cm³/mol. The third-order valence-corrected chi connectivity index (χ3v) is 6.24. The van der Waals surface area contributed by atoms with Crippen LogP contribution in [-0.2, 0) is 16.1 Å². The highest BCUT2D eigenvalue weighted by atomic mass is 16.5. The Bertz CT molecular complexity index is 610. The fourth-order valence-corrected chi connectivity index (χ4v) is 4.81. The highest BCUT2D eigenvalue weighted by Gasteiger charge is 2.39. The molecule has 4 nitrogen and oxygen atoms in total. The van der Waals surface area contributed by atoms with Gasteiger partial charge in [0, 0.05) is 18.4 Å². The lowest BCUT2D eigenvalue weighted by molar-refractivity contribution is -0.136. The number of allylic oxidation sites excluding steroid dienone is 2. The van der Waals surface area contributed by atoms with Crippen molar-refractivity contribution in [3.05, 3.63) is 48.0 Å². The van der Waals surface area contributed by atoms with Gasteiger partial charge in [0.15, 0.2) is 0 Å². The van der Waals surface area contributed by atoms with E-state index < -0.39 is 5.97 Å². The Morgan fingerprint density at radius 3 is 2.57 bits per heavy atom. The lowest BCUT2D eigenvalue weighted by Crippen LogP contribution is -2.43. The summed E-state index contributed by atoms with van der Waals surface area (Å²) >= 11 is 0. The summed E-state index contributed by atoms with van der Waals surface area (Å²) < 4.78 is 6.40. The molecule has 0 radical (unpaired) electrons. The van der Waals surface area contributed by atoms with E-state index in [1.807, 2.05) is 12.1 Å². The molecule has 3 unspecified atom stereocenters. The molecule has 2 aliphatic rings. The first kappa shape index (κ1) is 21.1. The first-order valence-electron chi connectivity index (χ1n) is 11.0. The summed E-state index contributed by atoms with van der Waals surface area (Å²) in [6.45, 7) is 3.17. The van der Waals surface area contributed by atoms with Gasteiger partial charge in [-0.3, -0.25) is 4.79 Å². The number of carboxylic acids is 1. The Balaban J connectivity index is 1.55. The number of rotatable bonds is 10. The van der Waals surface area contributed by atoms with E-state index in [1.165, 1.54) is 44.3 Å². The van der Waals surface area contributed by atoms with E-state index in [-0.39, 0.29) is 6.42 Å². The molecule has 0 spiro atoms. The van der Waals surface area contributed by atoms with Crippen LogP contribution in [0.5, 0.6) is 0 Å². The van der Waals surface area contributed by atoms with Crippen LogP contribution in [0.2, 0.25) is 0 Å². The lowest BCUT2D eigenvalue weighted by Gasteiger charge is -2.37. The molecule has 0 amide bonds. The zero-order valence-electron chi connectivity index (χ0n) is 17.0. The Kier molecular flexibility index (Phi) is 8.56. The first-order valence-corrected chi connectivity index (χ1v) is 11.0. The van der Waals surface area contributed by atoms with Gasteiger partial charge in [0.1, 0.15) is 0 Å². The van der Waals surface area contributed by atoms with Crippen LogP contribution < -0.4 is 0 Å². The van der Waals surface area contributed by atoms with Crippen molar-refractivity contribution in [3.63, 3.8) is 0 Å². The van der Waals surface area contributed by atoms with Crippen molar-refractivity contribution in [1.82, 2.24) is 4.90 Å². The van der Waals surface area contributed by atoms with Crippen LogP contribution in [0, 0.1) is 5.92 Å². The molecule has 0 bridgehead atoms. The van der Waals surface area contributed by atoms with Gasteiger partial charge in [-0.2, -0.15) is 0 Å². The predicted octanol–water partition coefficient (Wildman–Crippen LogP) is 5.04. The molecule has 2 fully saturated rings. The quantitative estimate of drug-likeness (QED) is 0.574. The number of piperidine rings is 1. The molecule has 28 heavy (non-hydrogen) atoms. The minimum absolute atomic E-state index is 0.221. The molecule has 1 aromatic carbocycles. The van der Waals surface area contributed by atoms with E-state index in [4.69, 9.17) is 9.84 Å². The second kappa shape index (κ2) is 11.4. The van der Waals surface area contributed by atoms with Crippen molar-refractivity contribution in [2.24, 2.45) is 5.92 Å². The summed E-state index contributed by atoms with van der Waals surface area (Å²) in [4.78, 5) is 13.4. The number of nitrogens with zero attached hydrogens (tertiary/aromatic N) is 1. The van der Waals surface area contributed by atoms with Gasteiger partial charge in [0.25, 0.3) is 0 Å². The fourth-order valence-electron chi connectivity index (χ4n) is 4.81. The van der Waals surface area contributed by atoms with E-state index in [1.54, 1.807) is 0 Å². The zero-order valence-corrected chi connectivity index (χ0v) is 17.0. The normalized spacial score (nSPS) is 26.1. The van der Waals surface area contributed by atoms with Crippen LogP contribution in [0.15, 0.2) is 42.5 Å². The first-order chi connectivity index (χ1) is 13.7. The molecular formula is C24H35NO3. The second-order valence-corrected chi connectivity index (χ2v) is 8.22. The molecule has 1 saturated heterocycles. The standard InChI is InChI=1S/C24H35NO3/c26-24(27)14-8-2-1-7-13-21-22(25-17-9-4-10-18-25)15-16-23(21)28-19-20-11-5-3-6-12-20/h1-3,5-6,11-12,21-23H,4,7-10,13-19H2,(H,26,27). The van der Waals surface area contributed by atoms with Gasteiger partial charge in [0.2, 0.25) is 0 Å². The molecule has 1 heterocycles. The van der Waals surface area contributed by atoms with Crippen molar-refractivity contribution in [2.45, 2.75) is 76.5 Å². The summed E-state index contributed by atoms with van der Waals surface area (Å²) in [6.07, 6.45) is 13.9. The van der Waals surface area contributed by atoms with E-state index in [0.29, 0.717) is 31.1 Å². The van der Waals surface area contributed by atoms with Crippen molar-refractivity contribution in [2.75, 3.05) is 13.1 Å². The third-order valence-electron chi connectivity index (χ3n) is 6.24. The Morgan fingerprint density at radius 2 is 1.82 bits per heavy atom. The fraction of sp³-hybridized carbons (Fsp3) is 0.625. The van der Waals surface area contributed by atoms with Gasteiger partial charge < -0.3 is 14.7 Å². The molecule has 154 valence electrons. The molecule has 3 rings (SSSR count). The summed E-state index contributed by atoms with van der Waals surface area (Å²) in [5.74, 6) is -0.147. The number of aliphatic carboxylic acids is 1. The molecule has 1 aromatic rings. The van der Waals surface area contributed by atoms with Gasteiger partial charge in [-0.25, -0.2) is 0 Å². The van der Waals surface area contributed by atoms with Crippen LogP contribution >= 0.6 is 0 Å². The van der Waals surface area contributed by atoms with Gasteiger partial charge in [0.05, 0.1) is 12.7 Å². The lowest BCUT2D eigenvalue weighted by atomic mass is 9.93. The molecule has 0 aromatic heterocycles. The van der Waals surface area contributed by atoms with Gasteiger partial charge in [-0.1, -0.05) is 48.9 Å². The molecule has 1 aliphatic carbocycles. The number of carboxylic acid groups (broad SMARTS) is 1. The largest absolute Gasteiger partial charge is 0.481 e. The number of benzene rings is 1. The number of hydrogen-bond donors (Lipinski definition) is 1. The smallest absolute Gasteiger partial charge is 0.303 e. The highest BCUT2D eigenvalue weighted by molar-refractivity contribution is 5.66. The van der Waals surface area contributed by atoms with Gasteiger partial charge in [-0.15, -0.1) is 0 Å². The summed E-state index contributed by atoms with van der Waals surface area (Å²) in [5, 5.41) is 8.75. The maximum Gasteiger partial charge on any atom is 0.303 e. The highest BCUT2D eigenvalue weighted by Crippen LogP contribution is 2.37. The van der Waals surface area contributed by atoms with Crippen molar-refractivity contribution < 1.29 is 14.6 Å². The monoisotopic (exact) mass is 385 g/mol. The molecule has 1 aliphatic heterocycles. The average Bonchev–Trinajstić information content (AvgIpc) is 3.13. The topological polar surface area (TPSA) is 49.8 Å². The minimum Gasteiger partial charge on any atom is -0.481 e. The Hall–Kier alpha value is -1.65. The average molecular weight is 386 g/mol. The summed E-state index contributed by atoms with van der Waals surface area (Å²) in [7, 11) is 0. The second-order valence-electron chi connectivity index (χ2n) is 8.22. The molecule has 1 N–H and O–H groups in total. The number of ether oxygens (including phenoxy) is 1. The van der Waals surface area contributed by atoms with Crippen LogP contribution in [0.3, 0.4) is 0 Å². The Morgan fingerprint density at radius 1 is 1.07 bits per heavy atom. The molecule has 3 atom stereocenters. The third kappa shape index (κ3) is 6.46. The Labute approximate surface area is 169 Å². The molecular weight excluding hydrogens is 350 g/mol. The molecule has 4 heteroatoms. The number of hydrogen-bond acceptors (Lipinski definition) is 3. The van der Waals surface area contributed by atoms with Crippen LogP contribution in [0.4, 0.5) is 0 Å². The van der Waals surface area contributed by atoms with Crippen LogP contribution in [-0.4, -0.2) is 41.2 Å². The minimum atomic E-state index is -0.722. The van der Waals surface area contributed by atoms with Gasteiger partial charge >= 0.3 is 5.97 Å².